The van der Waals surface area contributed by atoms with Crippen molar-refractivity contribution in [3.05, 3.63) is 42.1 Å². The molecule has 1 N–H and O–H groups in total. The number of fused-ring (bicyclic) bond motifs is 1. The molecule has 1 fully saturated rings. The fourth-order valence-corrected chi connectivity index (χ4v) is 3.01. The summed E-state index contributed by atoms with van der Waals surface area (Å²) in [5, 5.41) is 13.3. The van der Waals surface area contributed by atoms with E-state index in [1.165, 1.54) is 0 Å². The number of amides is 1. The van der Waals surface area contributed by atoms with Gasteiger partial charge >= 0.3 is 0 Å². The van der Waals surface area contributed by atoms with Crippen LogP contribution in [0.4, 0.5) is 0 Å². The van der Waals surface area contributed by atoms with Gasteiger partial charge in [0.25, 0.3) is 5.91 Å². The van der Waals surface area contributed by atoms with Gasteiger partial charge in [-0.1, -0.05) is 31.4 Å². The lowest BCUT2D eigenvalue weighted by Gasteiger charge is -2.31. The second-order valence-electron chi connectivity index (χ2n) is 5.58. The van der Waals surface area contributed by atoms with Crippen LogP contribution in [0.2, 0.25) is 0 Å². The fourth-order valence-electron chi connectivity index (χ4n) is 3.01. The van der Waals surface area contributed by atoms with Gasteiger partial charge in [0.2, 0.25) is 0 Å². The van der Waals surface area contributed by atoms with E-state index in [1.807, 2.05) is 24.3 Å². The Morgan fingerprint density at radius 1 is 1.19 bits per heavy atom. The summed E-state index contributed by atoms with van der Waals surface area (Å²) in [5.41, 5.74) is 0.667. The van der Waals surface area contributed by atoms with Crippen LogP contribution >= 0.6 is 0 Å². The standard InChI is InChI=1S/C17H17N3O/c18-12-17(9-2-1-3-10-17)20-16(21)14-6-4-8-15-13(14)7-5-11-19-15/h4-8,11H,1-3,9-10H2,(H,20,21). The van der Waals surface area contributed by atoms with Crippen LogP contribution in [0.25, 0.3) is 10.9 Å². The van der Waals surface area contributed by atoms with Crippen molar-refractivity contribution in [3.8, 4) is 6.07 Å². The number of hydrogen-bond donors (Lipinski definition) is 1. The lowest BCUT2D eigenvalue weighted by molar-refractivity contribution is 0.0904. The van der Waals surface area contributed by atoms with Crippen molar-refractivity contribution >= 4 is 16.8 Å². The number of nitriles is 1. The Hall–Kier alpha value is -2.41. The summed E-state index contributed by atoms with van der Waals surface area (Å²) in [5.74, 6) is -0.183. The average molecular weight is 279 g/mol. The highest BCUT2D eigenvalue weighted by atomic mass is 16.1. The van der Waals surface area contributed by atoms with Crippen molar-refractivity contribution in [2.75, 3.05) is 0 Å². The molecule has 106 valence electrons. The second kappa shape index (κ2) is 5.53. The third-order valence-corrected chi connectivity index (χ3v) is 4.16. The Balaban J connectivity index is 1.92. The zero-order chi connectivity index (χ0) is 14.7. The minimum atomic E-state index is -0.709. The highest BCUT2D eigenvalue weighted by molar-refractivity contribution is 6.06. The normalized spacial score (nSPS) is 17.1. The van der Waals surface area contributed by atoms with E-state index in [-0.39, 0.29) is 5.91 Å². The first kappa shape index (κ1) is 13.6. The summed E-state index contributed by atoms with van der Waals surface area (Å²) in [6, 6.07) is 11.5. The number of pyridine rings is 1. The van der Waals surface area contributed by atoms with E-state index in [9.17, 15) is 10.1 Å². The Morgan fingerprint density at radius 2 is 2.00 bits per heavy atom. The van der Waals surface area contributed by atoms with Gasteiger partial charge in [0.1, 0.15) is 5.54 Å². The summed E-state index contributed by atoms with van der Waals surface area (Å²) in [7, 11) is 0. The van der Waals surface area contributed by atoms with Crippen molar-refractivity contribution in [2.45, 2.75) is 37.6 Å². The third kappa shape index (κ3) is 2.59. The Labute approximate surface area is 123 Å². The lowest BCUT2D eigenvalue weighted by atomic mass is 9.82. The molecule has 1 amide bonds. The van der Waals surface area contributed by atoms with Crippen molar-refractivity contribution in [3.63, 3.8) is 0 Å². The largest absolute Gasteiger partial charge is 0.334 e. The van der Waals surface area contributed by atoms with E-state index < -0.39 is 5.54 Å². The molecule has 2 aromatic rings. The molecule has 0 spiro atoms. The molecule has 4 heteroatoms. The predicted octanol–water partition coefficient (Wildman–Crippen LogP) is 3.19. The van der Waals surface area contributed by atoms with Crippen LogP contribution in [-0.2, 0) is 0 Å². The van der Waals surface area contributed by atoms with Crippen LogP contribution in [0, 0.1) is 11.3 Å². The molecule has 0 saturated heterocycles. The summed E-state index contributed by atoms with van der Waals surface area (Å²) < 4.78 is 0. The highest BCUT2D eigenvalue weighted by Gasteiger charge is 2.34. The van der Waals surface area contributed by atoms with Crippen molar-refractivity contribution in [1.82, 2.24) is 10.3 Å². The third-order valence-electron chi connectivity index (χ3n) is 4.16. The van der Waals surface area contributed by atoms with Crippen LogP contribution in [0.15, 0.2) is 36.5 Å². The topological polar surface area (TPSA) is 65.8 Å². The summed E-state index contributed by atoms with van der Waals surface area (Å²) in [6.45, 7) is 0. The number of benzene rings is 1. The maximum absolute atomic E-state index is 12.6. The van der Waals surface area contributed by atoms with Crippen LogP contribution in [0.1, 0.15) is 42.5 Å². The predicted molar refractivity (Wildman–Crippen MR) is 80.6 cm³/mol. The number of nitrogens with zero attached hydrogens (tertiary/aromatic N) is 2. The quantitative estimate of drug-likeness (QED) is 0.918. The first-order valence-electron chi connectivity index (χ1n) is 7.32. The molecule has 0 unspecified atom stereocenters. The maximum Gasteiger partial charge on any atom is 0.253 e. The number of nitrogens with one attached hydrogen (secondary N) is 1. The summed E-state index contributed by atoms with van der Waals surface area (Å²) in [4.78, 5) is 16.9. The number of carbonyl (C=O) groups is 1. The van der Waals surface area contributed by atoms with Gasteiger partial charge in [0, 0.05) is 17.1 Å². The second-order valence-corrected chi connectivity index (χ2v) is 5.58. The van der Waals surface area contributed by atoms with Gasteiger partial charge in [-0.05, 0) is 31.0 Å². The van der Waals surface area contributed by atoms with Gasteiger partial charge in [0.05, 0.1) is 11.6 Å². The van der Waals surface area contributed by atoms with Gasteiger partial charge in [-0.15, -0.1) is 0 Å². The van der Waals surface area contributed by atoms with E-state index in [1.54, 1.807) is 12.3 Å². The number of hydrogen-bond acceptors (Lipinski definition) is 3. The summed E-state index contributed by atoms with van der Waals surface area (Å²) >= 11 is 0. The Morgan fingerprint density at radius 3 is 2.76 bits per heavy atom. The fraction of sp³-hybridized carbons (Fsp3) is 0.353. The first-order valence-corrected chi connectivity index (χ1v) is 7.32. The molecule has 1 saturated carbocycles. The van der Waals surface area contributed by atoms with E-state index in [4.69, 9.17) is 0 Å². The van der Waals surface area contributed by atoms with Crippen LogP contribution in [0.5, 0.6) is 0 Å². The highest BCUT2D eigenvalue weighted by Crippen LogP contribution is 2.28. The molecule has 0 bridgehead atoms. The van der Waals surface area contributed by atoms with Crippen LogP contribution < -0.4 is 5.32 Å². The zero-order valence-corrected chi connectivity index (χ0v) is 11.8. The minimum absolute atomic E-state index is 0.183. The molecule has 0 aliphatic heterocycles. The molecule has 1 heterocycles. The van der Waals surface area contributed by atoms with Crippen molar-refractivity contribution < 1.29 is 4.79 Å². The molecule has 4 nitrogen and oxygen atoms in total. The molecule has 0 atom stereocenters. The Kier molecular flexibility index (Phi) is 3.57. The molecule has 1 aliphatic rings. The molecule has 1 aliphatic carbocycles. The molecule has 21 heavy (non-hydrogen) atoms. The zero-order valence-electron chi connectivity index (χ0n) is 11.8. The van der Waals surface area contributed by atoms with Gasteiger partial charge in [-0.3, -0.25) is 9.78 Å². The van der Waals surface area contributed by atoms with Crippen LogP contribution in [-0.4, -0.2) is 16.4 Å². The van der Waals surface area contributed by atoms with Gasteiger partial charge < -0.3 is 5.32 Å². The van der Waals surface area contributed by atoms with E-state index in [0.29, 0.717) is 5.56 Å². The molecular weight excluding hydrogens is 262 g/mol. The smallest absolute Gasteiger partial charge is 0.253 e. The average Bonchev–Trinajstić information content (AvgIpc) is 2.55. The van der Waals surface area contributed by atoms with Crippen LogP contribution in [0.3, 0.4) is 0 Å². The maximum atomic E-state index is 12.6. The van der Waals surface area contributed by atoms with E-state index in [0.717, 1.165) is 43.0 Å². The number of aromatic nitrogens is 1. The van der Waals surface area contributed by atoms with Gasteiger partial charge in [0.15, 0.2) is 0 Å². The monoisotopic (exact) mass is 279 g/mol. The first-order chi connectivity index (χ1) is 10.2. The van der Waals surface area contributed by atoms with Crippen molar-refractivity contribution in [2.24, 2.45) is 0 Å². The lowest BCUT2D eigenvalue weighted by Crippen LogP contribution is -2.48. The molecule has 3 rings (SSSR count). The Bertz CT molecular complexity index is 706. The molecule has 1 aromatic carbocycles. The van der Waals surface area contributed by atoms with Gasteiger partial charge in [-0.25, -0.2) is 0 Å². The number of rotatable bonds is 2. The summed E-state index contributed by atoms with van der Waals surface area (Å²) in [6.07, 6.45) is 6.30. The minimum Gasteiger partial charge on any atom is -0.334 e. The number of carbonyl (C=O) groups excluding carboxylic acids is 1. The molecular formula is C17H17N3O. The van der Waals surface area contributed by atoms with E-state index in [2.05, 4.69) is 16.4 Å². The molecule has 1 aromatic heterocycles. The van der Waals surface area contributed by atoms with Crippen molar-refractivity contribution in [1.29, 1.82) is 5.26 Å². The van der Waals surface area contributed by atoms with Gasteiger partial charge in [-0.2, -0.15) is 5.26 Å². The molecule has 0 radical (unpaired) electrons. The SMILES string of the molecule is N#CC1(NC(=O)c2cccc3ncccc23)CCCCC1. The van der Waals surface area contributed by atoms with E-state index >= 15 is 0 Å².